The van der Waals surface area contributed by atoms with Crippen molar-refractivity contribution in [3.63, 3.8) is 0 Å². The first-order valence-electron chi connectivity index (χ1n) is 12.3. The number of allylic oxidation sites excluding steroid dienone is 3. The van der Waals surface area contributed by atoms with Crippen LogP contribution in [-0.4, -0.2) is 61.1 Å². The highest BCUT2D eigenvalue weighted by Gasteiger charge is 2.41. The zero-order chi connectivity index (χ0) is 26.1. The second kappa shape index (κ2) is 17.8. The predicted octanol–water partition coefficient (Wildman–Crippen LogP) is 6.50. The molecule has 1 unspecified atom stereocenters. The van der Waals surface area contributed by atoms with Gasteiger partial charge in [0.1, 0.15) is 6.61 Å². The SMILES string of the molecule is CCOC(=O)C(CC/C=C(\C)CC/C=C/COC(=O)N(C(C)C)C(C)C)P(=O)(OCC)OCC. The summed E-state index contributed by atoms with van der Waals surface area (Å²) >= 11 is 0. The molecule has 198 valence electrons. The van der Waals surface area contributed by atoms with E-state index in [0.717, 1.165) is 18.4 Å². The van der Waals surface area contributed by atoms with Crippen LogP contribution in [0, 0.1) is 0 Å². The first-order chi connectivity index (χ1) is 16.0. The first kappa shape index (κ1) is 32.4. The van der Waals surface area contributed by atoms with Crippen LogP contribution in [0.15, 0.2) is 23.8 Å². The van der Waals surface area contributed by atoms with Crippen LogP contribution in [0.4, 0.5) is 4.79 Å². The summed E-state index contributed by atoms with van der Waals surface area (Å²) in [5, 5.41) is 0. The Labute approximate surface area is 206 Å². The number of rotatable bonds is 17. The van der Waals surface area contributed by atoms with Crippen LogP contribution >= 0.6 is 7.60 Å². The smallest absolute Gasteiger partial charge is 0.410 e. The quantitative estimate of drug-likeness (QED) is 0.127. The van der Waals surface area contributed by atoms with Gasteiger partial charge in [0.2, 0.25) is 0 Å². The molecule has 0 spiro atoms. The van der Waals surface area contributed by atoms with Crippen LogP contribution in [0.25, 0.3) is 0 Å². The topological polar surface area (TPSA) is 91.4 Å². The van der Waals surface area contributed by atoms with Gasteiger partial charge in [-0.1, -0.05) is 23.8 Å². The Morgan fingerprint density at radius 1 is 0.882 bits per heavy atom. The molecule has 0 heterocycles. The van der Waals surface area contributed by atoms with E-state index < -0.39 is 19.2 Å². The molecule has 0 aromatic carbocycles. The molecule has 0 bridgehead atoms. The highest BCUT2D eigenvalue weighted by molar-refractivity contribution is 7.55. The molecule has 34 heavy (non-hydrogen) atoms. The fourth-order valence-electron chi connectivity index (χ4n) is 3.52. The summed E-state index contributed by atoms with van der Waals surface area (Å²) < 4.78 is 34.3. The molecule has 0 aliphatic heterocycles. The lowest BCUT2D eigenvalue weighted by molar-refractivity contribution is -0.143. The maximum absolute atomic E-state index is 13.1. The Kier molecular flexibility index (Phi) is 16.9. The third kappa shape index (κ3) is 12.2. The molecule has 8 nitrogen and oxygen atoms in total. The first-order valence-corrected chi connectivity index (χ1v) is 14.0. The van der Waals surface area contributed by atoms with E-state index in [1.54, 1.807) is 25.7 Å². The highest BCUT2D eigenvalue weighted by atomic mass is 31.2. The maximum Gasteiger partial charge on any atom is 0.410 e. The van der Waals surface area contributed by atoms with Crippen molar-refractivity contribution in [1.82, 2.24) is 4.90 Å². The zero-order valence-corrected chi connectivity index (χ0v) is 23.3. The lowest BCUT2D eigenvalue weighted by atomic mass is 10.1. The maximum atomic E-state index is 13.1. The van der Waals surface area contributed by atoms with E-state index >= 15 is 0 Å². The van der Waals surface area contributed by atoms with Gasteiger partial charge in [0.25, 0.3) is 0 Å². The monoisotopic (exact) mass is 503 g/mol. The summed E-state index contributed by atoms with van der Waals surface area (Å²) in [6.45, 7) is 15.9. The van der Waals surface area contributed by atoms with Gasteiger partial charge in [-0.05, 0) is 81.1 Å². The van der Waals surface area contributed by atoms with Crippen LogP contribution in [-0.2, 0) is 27.9 Å². The molecule has 9 heteroatoms. The standard InChI is InChI=1S/C25H46NO7P/c1-9-30-24(27)23(34(29,32-10-2)33-11-3)18-15-17-22(8)16-13-12-14-19-31-25(28)26(20(4)5)21(6)7/h12,14,17,20-21,23H,9-11,13,15-16,18-19H2,1-8H3/b14-12+,22-17+. The average Bonchev–Trinajstić information content (AvgIpc) is 2.73. The normalized spacial score (nSPS) is 13.5. The largest absolute Gasteiger partial charge is 0.465 e. The number of hydrogen-bond acceptors (Lipinski definition) is 7. The summed E-state index contributed by atoms with van der Waals surface area (Å²) in [6.07, 6.45) is 8.07. The number of ether oxygens (including phenoxy) is 2. The van der Waals surface area contributed by atoms with Crippen molar-refractivity contribution in [2.75, 3.05) is 26.4 Å². The number of carbonyl (C=O) groups excluding carboxylic acids is 2. The van der Waals surface area contributed by atoms with E-state index in [9.17, 15) is 14.2 Å². The molecule has 0 fully saturated rings. The fourth-order valence-corrected chi connectivity index (χ4v) is 5.47. The zero-order valence-electron chi connectivity index (χ0n) is 22.4. The second-order valence-electron chi connectivity index (χ2n) is 8.45. The molecule has 0 saturated carbocycles. The van der Waals surface area contributed by atoms with Crippen LogP contribution in [0.5, 0.6) is 0 Å². The van der Waals surface area contributed by atoms with Crippen LogP contribution in [0.3, 0.4) is 0 Å². The fraction of sp³-hybridized carbons (Fsp3) is 0.760. The number of hydrogen-bond donors (Lipinski definition) is 0. The van der Waals surface area contributed by atoms with E-state index in [1.165, 1.54) is 0 Å². The summed E-state index contributed by atoms with van der Waals surface area (Å²) in [5.41, 5.74) is 0.208. The van der Waals surface area contributed by atoms with Gasteiger partial charge in [-0.25, -0.2) is 4.79 Å². The lowest BCUT2D eigenvalue weighted by Gasteiger charge is -2.29. The molecule has 0 rings (SSSR count). The number of esters is 1. The summed E-state index contributed by atoms with van der Waals surface area (Å²) in [4.78, 5) is 26.3. The Morgan fingerprint density at radius 2 is 1.47 bits per heavy atom. The summed E-state index contributed by atoms with van der Waals surface area (Å²) in [5.74, 6) is -0.551. The molecular formula is C25H46NO7P. The minimum Gasteiger partial charge on any atom is -0.465 e. The van der Waals surface area contributed by atoms with Crippen molar-refractivity contribution in [2.24, 2.45) is 0 Å². The van der Waals surface area contributed by atoms with Crippen molar-refractivity contribution in [3.8, 4) is 0 Å². The molecule has 0 radical (unpaired) electrons. The molecule has 0 aromatic heterocycles. The molecular weight excluding hydrogens is 457 g/mol. The Hall–Kier alpha value is -1.63. The van der Waals surface area contributed by atoms with Crippen LogP contribution in [0.1, 0.15) is 81.1 Å². The van der Waals surface area contributed by atoms with Gasteiger partial charge in [0.05, 0.1) is 19.8 Å². The summed E-state index contributed by atoms with van der Waals surface area (Å²) in [7, 11) is -3.60. The van der Waals surface area contributed by atoms with Crippen molar-refractivity contribution in [3.05, 3.63) is 23.8 Å². The van der Waals surface area contributed by atoms with Crippen LogP contribution < -0.4 is 0 Å². The molecule has 0 saturated heterocycles. The van der Waals surface area contributed by atoms with E-state index in [1.807, 2.05) is 52.8 Å². The summed E-state index contributed by atoms with van der Waals surface area (Å²) in [6, 6.07) is 0.173. The Balaban J connectivity index is 4.71. The highest BCUT2D eigenvalue weighted by Crippen LogP contribution is 2.55. The van der Waals surface area contributed by atoms with Crippen LogP contribution in [0.2, 0.25) is 0 Å². The predicted molar refractivity (Wildman–Crippen MR) is 136 cm³/mol. The third-order valence-corrected chi connectivity index (χ3v) is 7.46. The van der Waals surface area contributed by atoms with Crippen molar-refractivity contribution >= 4 is 19.7 Å². The molecule has 1 atom stereocenters. The molecule has 0 aromatic rings. The number of nitrogens with zero attached hydrogens (tertiary/aromatic N) is 1. The number of carbonyl (C=O) groups is 2. The minimum absolute atomic E-state index is 0.0867. The van der Waals surface area contributed by atoms with Gasteiger partial charge in [0.15, 0.2) is 5.66 Å². The average molecular weight is 504 g/mol. The van der Waals surface area contributed by atoms with Crippen molar-refractivity contribution < 1.29 is 32.7 Å². The van der Waals surface area contributed by atoms with Gasteiger partial charge in [-0.3, -0.25) is 9.36 Å². The van der Waals surface area contributed by atoms with E-state index in [4.69, 9.17) is 18.5 Å². The van der Waals surface area contributed by atoms with Gasteiger partial charge in [-0.2, -0.15) is 0 Å². The second-order valence-corrected chi connectivity index (χ2v) is 10.7. The Morgan fingerprint density at radius 3 is 1.97 bits per heavy atom. The minimum atomic E-state index is -3.60. The van der Waals surface area contributed by atoms with E-state index in [-0.39, 0.29) is 44.6 Å². The number of amides is 1. The van der Waals surface area contributed by atoms with Gasteiger partial charge < -0.3 is 23.4 Å². The molecule has 0 aliphatic carbocycles. The molecule has 0 aliphatic rings. The van der Waals surface area contributed by atoms with Gasteiger partial charge >= 0.3 is 19.7 Å². The van der Waals surface area contributed by atoms with E-state index in [2.05, 4.69) is 0 Å². The van der Waals surface area contributed by atoms with Crippen molar-refractivity contribution in [2.45, 2.75) is 98.8 Å². The van der Waals surface area contributed by atoms with Gasteiger partial charge in [-0.15, -0.1) is 0 Å². The third-order valence-electron chi connectivity index (χ3n) is 4.99. The Bertz CT molecular complexity index is 685. The lowest BCUT2D eigenvalue weighted by Crippen LogP contribution is -2.42. The van der Waals surface area contributed by atoms with Gasteiger partial charge in [0, 0.05) is 12.1 Å². The van der Waals surface area contributed by atoms with Crippen molar-refractivity contribution in [1.29, 1.82) is 0 Å². The van der Waals surface area contributed by atoms with E-state index in [0.29, 0.717) is 12.8 Å². The molecule has 1 amide bonds. The molecule has 0 N–H and O–H groups in total.